The normalized spacial score (nSPS) is 22.5. The number of hydrogen-bond acceptors (Lipinski definition) is 5. The second-order valence-corrected chi connectivity index (χ2v) is 9.91. The number of carbonyl (C=O) groups is 1. The number of hydrogen-bond donors (Lipinski definition) is 0. The average molecular weight is 450 g/mol. The van der Waals surface area contributed by atoms with E-state index in [4.69, 9.17) is 4.98 Å². The van der Waals surface area contributed by atoms with Crippen molar-refractivity contribution in [2.24, 2.45) is 0 Å². The van der Waals surface area contributed by atoms with Crippen molar-refractivity contribution >= 4 is 5.91 Å². The Hall–Kier alpha value is -2.54. The second kappa shape index (κ2) is 10.2. The van der Waals surface area contributed by atoms with E-state index in [0.717, 1.165) is 95.6 Å². The Kier molecular flexibility index (Phi) is 6.85. The van der Waals surface area contributed by atoms with Gasteiger partial charge in [0.25, 0.3) is 5.56 Å². The monoisotopic (exact) mass is 449 g/mol. The van der Waals surface area contributed by atoms with E-state index in [1.54, 1.807) is 6.07 Å². The van der Waals surface area contributed by atoms with Crippen LogP contribution in [-0.2, 0) is 17.8 Å². The molecule has 2 aromatic heterocycles. The number of carbonyl (C=O) groups excluding carboxylic acids is 1. The molecule has 7 nitrogen and oxygen atoms in total. The van der Waals surface area contributed by atoms with E-state index in [9.17, 15) is 9.59 Å². The maximum atomic E-state index is 13.0. The van der Waals surface area contributed by atoms with Crippen LogP contribution in [0.4, 0.5) is 0 Å². The minimum absolute atomic E-state index is 0.0992. The zero-order chi connectivity index (χ0) is 22.6. The van der Waals surface area contributed by atoms with Crippen LogP contribution in [0.5, 0.6) is 0 Å². The van der Waals surface area contributed by atoms with E-state index in [1.807, 2.05) is 21.9 Å². The number of likely N-dealkylation sites (tertiary alicyclic amines) is 2. The fraction of sp³-hybridized carbons (Fsp3) is 0.615. The van der Waals surface area contributed by atoms with Crippen LogP contribution in [0.1, 0.15) is 73.9 Å². The lowest BCUT2D eigenvalue weighted by Gasteiger charge is -2.36. The summed E-state index contributed by atoms with van der Waals surface area (Å²) >= 11 is 0. The predicted octanol–water partition coefficient (Wildman–Crippen LogP) is 2.95. The zero-order valence-electron chi connectivity index (χ0n) is 19.5. The van der Waals surface area contributed by atoms with Crippen LogP contribution in [0.15, 0.2) is 35.4 Å². The first kappa shape index (κ1) is 22.3. The number of aryl methyl sites for hydroxylation is 1. The quantitative estimate of drug-likeness (QED) is 0.718. The van der Waals surface area contributed by atoms with Crippen LogP contribution in [0.3, 0.4) is 0 Å². The lowest BCUT2D eigenvalue weighted by Crippen LogP contribution is -2.46. The van der Waals surface area contributed by atoms with Gasteiger partial charge in [-0.05, 0) is 68.7 Å². The van der Waals surface area contributed by atoms with Gasteiger partial charge in [-0.2, -0.15) is 0 Å². The number of fused-ring (bicyclic) bond motifs is 1. The largest absolute Gasteiger partial charge is 0.342 e. The Bertz CT molecular complexity index is 1010. The molecule has 5 rings (SSSR count). The van der Waals surface area contributed by atoms with Crippen molar-refractivity contribution in [1.82, 2.24) is 24.3 Å². The Morgan fingerprint density at radius 3 is 2.58 bits per heavy atom. The van der Waals surface area contributed by atoms with Crippen LogP contribution >= 0.6 is 0 Å². The molecule has 0 radical (unpaired) electrons. The molecule has 33 heavy (non-hydrogen) atoms. The molecule has 0 spiro atoms. The molecular weight excluding hydrogens is 414 g/mol. The molecule has 2 fully saturated rings. The van der Waals surface area contributed by atoms with Gasteiger partial charge < -0.3 is 4.90 Å². The first-order valence-electron chi connectivity index (χ1n) is 12.7. The number of rotatable bonds is 4. The highest BCUT2D eigenvalue weighted by atomic mass is 16.2. The molecule has 3 aliphatic heterocycles. The van der Waals surface area contributed by atoms with Gasteiger partial charge in [0.1, 0.15) is 5.82 Å². The molecule has 0 aliphatic carbocycles. The van der Waals surface area contributed by atoms with Crippen molar-refractivity contribution in [3.63, 3.8) is 0 Å². The Morgan fingerprint density at radius 1 is 0.939 bits per heavy atom. The smallest absolute Gasteiger partial charge is 0.253 e. The summed E-state index contributed by atoms with van der Waals surface area (Å²) in [4.78, 5) is 39.1. The van der Waals surface area contributed by atoms with Crippen molar-refractivity contribution in [1.29, 1.82) is 0 Å². The third-order valence-corrected chi connectivity index (χ3v) is 7.70. The molecule has 176 valence electrons. The van der Waals surface area contributed by atoms with Gasteiger partial charge in [0.05, 0.1) is 12.2 Å². The van der Waals surface area contributed by atoms with Gasteiger partial charge >= 0.3 is 0 Å². The molecule has 2 aromatic rings. The molecule has 5 heterocycles. The van der Waals surface area contributed by atoms with Crippen LogP contribution < -0.4 is 5.56 Å². The molecule has 1 atom stereocenters. The molecule has 0 unspecified atom stereocenters. The molecule has 7 heteroatoms. The minimum Gasteiger partial charge on any atom is -0.342 e. The van der Waals surface area contributed by atoms with Gasteiger partial charge in [-0.15, -0.1) is 0 Å². The highest BCUT2D eigenvalue weighted by Crippen LogP contribution is 2.29. The maximum Gasteiger partial charge on any atom is 0.253 e. The standard InChI is InChI=1S/C26H35N5O2/c32-25-17-23(28-24-6-2-1-3-14-31(24)25)22-5-4-13-29(18-22)19-26(33)30-15-9-21(10-16-30)20-7-11-27-12-8-20/h7-8,11-12,17,21-22H,1-6,9-10,13-16,18-19H2/t22-/m1/s1. The number of aromatic nitrogens is 3. The molecular formula is C26H35N5O2. The van der Waals surface area contributed by atoms with E-state index in [1.165, 1.54) is 5.56 Å². The molecule has 0 aromatic carbocycles. The molecule has 0 bridgehead atoms. The number of pyridine rings is 1. The third-order valence-electron chi connectivity index (χ3n) is 7.70. The van der Waals surface area contributed by atoms with Crippen molar-refractivity contribution in [2.75, 3.05) is 32.7 Å². The lowest BCUT2D eigenvalue weighted by atomic mass is 9.90. The fourth-order valence-electron chi connectivity index (χ4n) is 5.77. The van der Waals surface area contributed by atoms with Crippen LogP contribution in [0, 0.1) is 0 Å². The minimum atomic E-state index is 0.0992. The summed E-state index contributed by atoms with van der Waals surface area (Å²) < 4.78 is 1.87. The number of nitrogens with zero attached hydrogens (tertiary/aromatic N) is 5. The van der Waals surface area contributed by atoms with Crippen molar-refractivity contribution < 1.29 is 4.79 Å². The topological polar surface area (TPSA) is 71.3 Å². The summed E-state index contributed by atoms with van der Waals surface area (Å²) in [6.45, 7) is 4.68. The Morgan fingerprint density at radius 2 is 1.76 bits per heavy atom. The predicted molar refractivity (Wildman–Crippen MR) is 127 cm³/mol. The Balaban J connectivity index is 1.18. The summed E-state index contributed by atoms with van der Waals surface area (Å²) in [5, 5.41) is 0. The van der Waals surface area contributed by atoms with Crippen molar-refractivity contribution in [3.05, 3.63) is 58.0 Å². The van der Waals surface area contributed by atoms with E-state index in [-0.39, 0.29) is 17.4 Å². The second-order valence-electron chi connectivity index (χ2n) is 9.91. The highest BCUT2D eigenvalue weighted by molar-refractivity contribution is 5.78. The van der Waals surface area contributed by atoms with Crippen molar-refractivity contribution in [3.8, 4) is 0 Å². The first-order valence-corrected chi connectivity index (χ1v) is 12.7. The van der Waals surface area contributed by atoms with Crippen molar-refractivity contribution in [2.45, 2.75) is 69.7 Å². The summed E-state index contributed by atoms with van der Waals surface area (Å²) in [5.41, 5.74) is 2.37. The first-order chi connectivity index (χ1) is 16.2. The van der Waals surface area contributed by atoms with E-state index in [2.05, 4.69) is 22.0 Å². The maximum absolute atomic E-state index is 13.0. The fourth-order valence-corrected chi connectivity index (χ4v) is 5.77. The molecule has 2 saturated heterocycles. The van der Waals surface area contributed by atoms with E-state index < -0.39 is 0 Å². The molecule has 0 saturated carbocycles. The average Bonchev–Trinajstić information content (AvgIpc) is 3.11. The summed E-state index contributed by atoms with van der Waals surface area (Å²) in [6, 6.07) is 5.95. The third kappa shape index (κ3) is 5.18. The van der Waals surface area contributed by atoms with Crippen LogP contribution in [0.2, 0.25) is 0 Å². The molecule has 0 N–H and O–H groups in total. The van der Waals surface area contributed by atoms with E-state index >= 15 is 0 Å². The Labute approximate surface area is 195 Å². The summed E-state index contributed by atoms with van der Waals surface area (Å²) in [7, 11) is 0. The summed E-state index contributed by atoms with van der Waals surface area (Å²) in [5.74, 6) is 1.96. The van der Waals surface area contributed by atoms with Crippen LogP contribution in [0.25, 0.3) is 0 Å². The van der Waals surface area contributed by atoms with Gasteiger partial charge in [0.15, 0.2) is 0 Å². The van der Waals surface area contributed by atoms with Crippen LogP contribution in [-0.4, -0.2) is 63.0 Å². The molecule has 1 amide bonds. The van der Waals surface area contributed by atoms with Gasteiger partial charge in [0.2, 0.25) is 5.91 Å². The van der Waals surface area contributed by atoms with Gasteiger partial charge in [0, 0.05) is 57.0 Å². The highest BCUT2D eigenvalue weighted by Gasteiger charge is 2.28. The summed E-state index contributed by atoms with van der Waals surface area (Å²) in [6.07, 6.45) is 12.1. The SMILES string of the molecule is O=C(CN1CCC[C@@H](c2cc(=O)n3c(n2)CCCCC3)C1)N1CCC(c2ccncc2)CC1. The number of amides is 1. The van der Waals surface area contributed by atoms with Gasteiger partial charge in [-0.1, -0.05) is 6.42 Å². The molecule has 3 aliphatic rings. The lowest BCUT2D eigenvalue weighted by molar-refractivity contribution is -0.133. The van der Waals surface area contributed by atoms with Gasteiger partial charge in [-0.25, -0.2) is 4.98 Å². The van der Waals surface area contributed by atoms with E-state index in [0.29, 0.717) is 12.5 Å². The van der Waals surface area contributed by atoms with Gasteiger partial charge in [-0.3, -0.25) is 24.0 Å². The number of piperidine rings is 2. The zero-order valence-corrected chi connectivity index (χ0v) is 19.5.